The highest BCUT2D eigenvalue weighted by Crippen LogP contribution is 2.02. The quantitative estimate of drug-likeness (QED) is 0.340. The molecule has 0 aliphatic heterocycles. The van der Waals surface area contributed by atoms with Gasteiger partial charge in [-0.15, -0.1) is 0 Å². The maximum atomic E-state index is 10.8. The summed E-state index contributed by atoms with van der Waals surface area (Å²) in [7, 11) is -1.18. The van der Waals surface area contributed by atoms with Crippen molar-refractivity contribution in [2.45, 2.75) is 6.42 Å². The monoisotopic (exact) mass is 255 g/mol. The molecule has 98 valence electrons. The Morgan fingerprint density at radius 3 is 2.00 bits per heavy atom. The Morgan fingerprint density at radius 1 is 1.12 bits per heavy atom. The van der Waals surface area contributed by atoms with Gasteiger partial charge in [-0.2, -0.15) is 0 Å². The number of nitrogens with one attached hydrogen (secondary N) is 1. The number of aliphatic hydroxyl groups is 2. The van der Waals surface area contributed by atoms with Gasteiger partial charge in [0.1, 0.15) is 13.1 Å². The number of likely N-dealkylation sites (N-methyl/N-ethyl adjacent to an activating group) is 1. The summed E-state index contributed by atoms with van der Waals surface area (Å²) in [6, 6.07) is 0. The Balaban J connectivity index is 3.93. The first-order valence-electron chi connectivity index (χ1n) is 5.33. The van der Waals surface area contributed by atoms with Crippen molar-refractivity contribution in [3.05, 3.63) is 0 Å². The highest BCUT2D eigenvalue weighted by Gasteiger charge is 2.19. The van der Waals surface area contributed by atoms with Crippen molar-refractivity contribution >= 4 is 10.0 Å². The minimum atomic E-state index is -3.12. The van der Waals surface area contributed by atoms with Crippen molar-refractivity contribution < 1.29 is 23.1 Å². The minimum Gasteiger partial charge on any atom is -0.391 e. The van der Waals surface area contributed by atoms with E-state index >= 15 is 0 Å². The Bertz CT molecular complexity index is 273. The van der Waals surface area contributed by atoms with E-state index in [1.807, 2.05) is 7.05 Å². The number of nitrogens with zero attached hydrogens (tertiary/aromatic N) is 1. The summed E-state index contributed by atoms with van der Waals surface area (Å²) in [6.07, 6.45) is 1.81. The number of quaternary nitrogens is 1. The van der Waals surface area contributed by atoms with E-state index in [0.29, 0.717) is 30.5 Å². The molecular formula is C9H23N2O4S+. The lowest BCUT2D eigenvalue weighted by molar-refractivity contribution is -0.910. The molecule has 0 atom stereocenters. The van der Waals surface area contributed by atoms with Crippen LogP contribution in [0, 0.1) is 0 Å². The summed E-state index contributed by atoms with van der Waals surface area (Å²) in [5.74, 6) is 0. The van der Waals surface area contributed by atoms with E-state index in [9.17, 15) is 8.42 Å². The maximum absolute atomic E-state index is 10.8. The van der Waals surface area contributed by atoms with Crippen LogP contribution in [0.3, 0.4) is 0 Å². The van der Waals surface area contributed by atoms with Gasteiger partial charge in [-0.1, -0.05) is 0 Å². The van der Waals surface area contributed by atoms with Gasteiger partial charge in [0.15, 0.2) is 0 Å². The molecule has 0 saturated heterocycles. The van der Waals surface area contributed by atoms with Crippen molar-refractivity contribution in [3.8, 4) is 0 Å². The second-order valence-corrected chi connectivity index (χ2v) is 6.09. The third-order valence-electron chi connectivity index (χ3n) is 2.52. The normalized spacial score (nSPS) is 13.0. The van der Waals surface area contributed by atoms with Gasteiger partial charge in [-0.05, 0) is 0 Å². The summed E-state index contributed by atoms with van der Waals surface area (Å²) in [4.78, 5) is 0. The standard InChI is InChI=1S/C9H23N2O4S/c1-11(6-8-12,7-9-13)5-3-4-10-16(2,14)15/h10,12-13H,3-9H2,1-2H3/q+1. The topological polar surface area (TPSA) is 86.6 Å². The van der Waals surface area contributed by atoms with Crippen LogP contribution >= 0.6 is 0 Å². The average Bonchev–Trinajstić information content (AvgIpc) is 2.12. The van der Waals surface area contributed by atoms with E-state index in [1.54, 1.807) is 0 Å². The zero-order valence-electron chi connectivity index (χ0n) is 10.0. The molecule has 0 rings (SSSR count). The van der Waals surface area contributed by atoms with E-state index in [0.717, 1.165) is 12.8 Å². The van der Waals surface area contributed by atoms with Crippen LogP contribution in [0.25, 0.3) is 0 Å². The van der Waals surface area contributed by atoms with Gasteiger partial charge >= 0.3 is 0 Å². The fraction of sp³-hybridized carbons (Fsp3) is 1.00. The summed E-state index contributed by atoms with van der Waals surface area (Å²) in [5, 5.41) is 17.8. The van der Waals surface area contributed by atoms with Crippen LogP contribution in [-0.2, 0) is 10.0 Å². The van der Waals surface area contributed by atoms with Crippen molar-refractivity contribution in [1.82, 2.24) is 4.72 Å². The fourth-order valence-corrected chi connectivity index (χ4v) is 2.05. The molecule has 0 bridgehead atoms. The minimum absolute atomic E-state index is 0.0655. The Morgan fingerprint density at radius 2 is 1.62 bits per heavy atom. The second kappa shape index (κ2) is 7.18. The lowest BCUT2D eigenvalue weighted by Gasteiger charge is -2.33. The second-order valence-electron chi connectivity index (χ2n) is 4.26. The lowest BCUT2D eigenvalue weighted by atomic mass is 10.3. The number of hydrogen-bond acceptors (Lipinski definition) is 4. The van der Waals surface area contributed by atoms with Gasteiger partial charge in [0.25, 0.3) is 0 Å². The van der Waals surface area contributed by atoms with Crippen molar-refractivity contribution in [2.24, 2.45) is 0 Å². The van der Waals surface area contributed by atoms with E-state index in [-0.39, 0.29) is 13.2 Å². The summed E-state index contributed by atoms with van der Waals surface area (Å²) >= 11 is 0. The van der Waals surface area contributed by atoms with Gasteiger partial charge in [-0.3, -0.25) is 0 Å². The molecule has 0 aliphatic rings. The molecule has 3 N–H and O–H groups in total. The molecule has 0 aromatic carbocycles. The van der Waals surface area contributed by atoms with Crippen molar-refractivity contribution in [3.63, 3.8) is 0 Å². The van der Waals surface area contributed by atoms with E-state index in [4.69, 9.17) is 10.2 Å². The summed E-state index contributed by atoms with van der Waals surface area (Å²) in [5.41, 5.74) is 0. The van der Waals surface area contributed by atoms with Gasteiger partial charge in [-0.25, -0.2) is 13.1 Å². The van der Waals surface area contributed by atoms with Crippen LogP contribution in [0.5, 0.6) is 0 Å². The molecule has 16 heavy (non-hydrogen) atoms. The summed E-state index contributed by atoms with van der Waals surface area (Å²) in [6.45, 7) is 2.39. The molecule has 0 fully saturated rings. The van der Waals surface area contributed by atoms with Gasteiger partial charge in [0, 0.05) is 13.0 Å². The average molecular weight is 255 g/mol. The lowest BCUT2D eigenvalue weighted by Crippen LogP contribution is -2.49. The van der Waals surface area contributed by atoms with Crippen LogP contribution in [0.2, 0.25) is 0 Å². The molecule has 0 spiro atoms. The van der Waals surface area contributed by atoms with Gasteiger partial charge in [0.05, 0.1) is 33.1 Å². The third-order valence-corrected chi connectivity index (χ3v) is 3.25. The molecule has 0 aromatic rings. The molecular weight excluding hydrogens is 232 g/mol. The van der Waals surface area contributed by atoms with Crippen LogP contribution in [0.1, 0.15) is 6.42 Å². The van der Waals surface area contributed by atoms with Crippen LogP contribution in [0.15, 0.2) is 0 Å². The Kier molecular flexibility index (Phi) is 7.09. The largest absolute Gasteiger partial charge is 0.391 e. The molecule has 7 heteroatoms. The number of aliphatic hydroxyl groups excluding tert-OH is 2. The smallest absolute Gasteiger partial charge is 0.208 e. The first-order chi connectivity index (χ1) is 7.33. The molecule has 0 amide bonds. The molecule has 0 heterocycles. The number of hydrogen-bond donors (Lipinski definition) is 3. The van der Waals surface area contributed by atoms with Crippen LogP contribution < -0.4 is 4.72 Å². The highest BCUT2D eigenvalue weighted by atomic mass is 32.2. The number of sulfonamides is 1. The number of rotatable bonds is 9. The van der Waals surface area contributed by atoms with Gasteiger partial charge in [0.2, 0.25) is 10.0 Å². The summed E-state index contributed by atoms with van der Waals surface area (Å²) < 4.78 is 24.6. The van der Waals surface area contributed by atoms with Crippen LogP contribution in [0.4, 0.5) is 0 Å². The predicted octanol–water partition coefficient (Wildman–Crippen LogP) is -1.64. The van der Waals surface area contributed by atoms with Crippen molar-refractivity contribution in [2.75, 3.05) is 52.7 Å². The molecule has 0 unspecified atom stereocenters. The first kappa shape index (κ1) is 15.8. The first-order valence-corrected chi connectivity index (χ1v) is 7.22. The van der Waals surface area contributed by atoms with Crippen molar-refractivity contribution in [1.29, 1.82) is 0 Å². The zero-order chi connectivity index (χ0) is 12.7. The molecule has 0 saturated carbocycles. The molecule has 0 aliphatic carbocycles. The predicted molar refractivity (Wildman–Crippen MR) is 62.4 cm³/mol. The third kappa shape index (κ3) is 8.00. The maximum Gasteiger partial charge on any atom is 0.208 e. The van der Waals surface area contributed by atoms with E-state index in [2.05, 4.69) is 4.72 Å². The Labute approximate surface area is 97.5 Å². The zero-order valence-corrected chi connectivity index (χ0v) is 10.8. The van der Waals surface area contributed by atoms with E-state index < -0.39 is 10.0 Å². The van der Waals surface area contributed by atoms with Crippen LogP contribution in [-0.4, -0.2) is 75.8 Å². The molecule has 6 nitrogen and oxygen atoms in total. The van der Waals surface area contributed by atoms with Gasteiger partial charge < -0.3 is 14.7 Å². The molecule has 0 radical (unpaired) electrons. The fourth-order valence-electron chi connectivity index (χ4n) is 1.54. The highest BCUT2D eigenvalue weighted by molar-refractivity contribution is 7.88. The Hall–Kier alpha value is -0.210. The molecule has 0 aromatic heterocycles. The van der Waals surface area contributed by atoms with E-state index in [1.165, 1.54) is 0 Å². The SMILES string of the molecule is C[N+](CCO)(CCO)CCCNS(C)(=O)=O.